The highest BCUT2D eigenvalue weighted by Crippen LogP contribution is 2.18. The molecule has 0 bridgehead atoms. The zero-order valence-corrected chi connectivity index (χ0v) is 14.9. The first-order valence-corrected chi connectivity index (χ1v) is 8.75. The highest BCUT2D eigenvalue weighted by atomic mass is 32.1. The molecule has 24 heavy (non-hydrogen) atoms. The topological polar surface area (TPSA) is 79.3 Å². The van der Waals surface area contributed by atoms with Crippen molar-refractivity contribution in [1.29, 1.82) is 0 Å². The summed E-state index contributed by atoms with van der Waals surface area (Å²) in [6, 6.07) is 7.76. The van der Waals surface area contributed by atoms with Crippen LogP contribution in [0.3, 0.4) is 0 Å². The lowest BCUT2D eigenvalue weighted by atomic mass is 9.98. The molecule has 0 spiro atoms. The summed E-state index contributed by atoms with van der Waals surface area (Å²) in [5, 5.41) is 13.1. The summed E-state index contributed by atoms with van der Waals surface area (Å²) in [5.74, 6) is -1.82. The molecule has 1 amide bonds. The number of amides is 1. The molecule has 0 saturated carbocycles. The first kappa shape index (κ1) is 18.1. The highest BCUT2D eigenvalue weighted by Gasteiger charge is 2.21. The van der Waals surface area contributed by atoms with Crippen LogP contribution in [0.5, 0.6) is 0 Å². The van der Waals surface area contributed by atoms with E-state index < -0.39 is 11.9 Å². The van der Waals surface area contributed by atoms with Crippen molar-refractivity contribution in [3.05, 3.63) is 51.0 Å². The zero-order chi connectivity index (χ0) is 17.7. The van der Waals surface area contributed by atoms with Crippen molar-refractivity contribution in [3.63, 3.8) is 0 Å². The van der Waals surface area contributed by atoms with Gasteiger partial charge in [-0.1, -0.05) is 36.8 Å². The van der Waals surface area contributed by atoms with Gasteiger partial charge in [0.2, 0.25) is 0 Å². The Kier molecular flexibility index (Phi) is 6.09. The number of aromatic nitrogens is 1. The van der Waals surface area contributed by atoms with E-state index in [9.17, 15) is 14.7 Å². The Hall–Kier alpha value is -2.21. The SMILES string of the molecule is CCc1nc(C)c(C(=O)NCC(Cc2cccc(C)c2)C(=O)O)s1. The van der Waals surface area contributed by atoms with E-state index in [1.807, 2.05) is 38.1 Å². The van der Waals surface area contributed by atoms with E-state index in [2.05, 4.69) is 10.3 Å². The van der Waals surface area contributed by atoms with Gasteiger partial charge < -0.3 is 10.4 Å². The molecule has 0 aliphatic carbocycles. The van der Waals surface area contributed by atoms with E-state index in [0.717, 1.165) is 22.6 Å². The Morgan fingerprint density at radius 2 is 2.08 bits per heavy atom. The Bertz CT molecular complexity index is 740. The number of nitrogens with one attached hydrogen (secondary N) is 1. The van der Waals surface area contributed by atoms with Crippen LogP contribution in [0.4, 0.5) is 0 Å². The maximum Gasteiger partial charge on any atom is 0.308 e. The minimum Gasteiger partial charge on any atom is -0.481 e. The summed E-state index contributed by atoms with van der Waals surface area (Å²) < 4.78 is 0. The fourth-order valence-corrected chi connectivity index (χ4v) is 3.40. The molecule has 0 aliphatic rings. The fourth-order valence-electron chi connectivity index (χ4n) is 2.48. The zero-order valence-electron chi connectivity index (χ0n) is 14.1. The van der Waals surface area contributed by atoms with Crippen LogP contribution in [0.1, 0.15) is 38.4 Å². The van der Waals surface area contributed by atoms with E-state index in [1.54, 1.807) is 6.92 Å². The number of benzene rings is 1. The Balaban J connectivity index is 2.01. The largest absolute Gasteiger partial charge is 0.481 e. The monoisotopic (exact) mass is 346 g/mol. The van der Waals surface area contributed by atoms with Gasteiger partial charge in [0.15, 0.2) is 0 Å². The molecule has 1 aromatic carbocycles. The van der Waals surface area contributed by atoms with Crippen LogP contribution in [0.2, 0.25) is 0 Å². The molecule has 6 heteroatoms. The van der Waals surface area contributed by atoms with Crippen molar-refractivity contribution in [3.8, 4) is 0 Å². The van der Waals surface area contributed by atoms with E-state index in [4.69, 9.17) is 0 Å². The van der Waals surface area contributed by atoms with Gasteiger partial charge in [0.1, 0.15) is 4.88 Å². The number of hydrogen-bond donors (Lipinski definition) is 2. The summed E-state index contributed by atoms with van der Waals surface area (Å²) in [4.78, 5) is 28.7. The van der Waals surface area contributed by atoms with Crippen LogP contribution in [0, 0.1) is 19.8 Å². The fraction of sp³-hybridized carbons (Fsp3) is 0.389. The minimum atomic E-state index is -0.910. The average molecular weight is 346 g/mol. The molecule has 1 aromatic heterocycles. The number of rotatable bonds is 7. The smallest absolute Gasteiger partial charge is 0.308 e. The predicted molar refractivity (Wildman–Crippen MR) is 94.6 cm³/mol. The van der Waals surface area contributed by atoms with Gasteiger partial charge in [0.05, 0.1) is 16.6 Å². The molecule has 1 atom stereocenters. The maximum absolute atomic E-state index is 12.3. The van der Waals surface area contributed by atoms with Crippen molar-refractivity contribution in [2.24, 2.45) is 5.92 Å². The molecule has 0 radical (unpaired) electrons. The van der Waals surface area contributed by atoms with Crippen molar-refractivity contribution in [2.75, 3.05) is 6.54 Å². The number of thiazole rings is 1. The lowest BCUT2D eigenvalue weighted by Crippen LogP contribution is -2.34. The molecule has 5 nitrogen and oxygen atoms in total. The third-order valence-corrected chi connectivity index (χ3v) is 5.07. The second-order valence-electron chi connectivity index (χ2n) is 5.81. The number of aryl methyl sites for hydroxylation is 3. The van der Waals surface area contributed by atoms with E-state index in [0.29, 0.717) is 17.0 Å². The number of nitrogens with zero attached hydrogens (tertiary/aromatic N) is 1. The number of carbonyl (C=O) groups is 2. The van der Waals surface area contributed by atoms with Crippen molar-refractivity contribution >= 4 is 23.2 Å². The second-order valence-corrected chi connectivity index (χ2v) is 6.90. The molecular weight excluding hydrogens is 324 g/mol. The first-order chi connectivity index (χ1) is 11.4. The van der Waals surface area contributed by atoms with Crippen LogP contribution < -0.4 is 5.32 Å². The molecule has 128 valence electrons. The summed E-state index contributed by atoms with van der Waals surface area (Å²) >= 11 is 1.36. The van der Waals surface area contributed by atoms with E-state index in [-0.39, 0.29) is 12.5 Å². The lowest BCUT2D eigenvalue weighted by molar-refractivity contribution is -0.141. The van der Waals surface area contributed by atoms with Crippen molar-refractivity contribution in [2.45, 2.75) is 33.6 Å². The molecule has 2 aromatic rings. The standard InChI is InChI=1S/C18H22N2O3S/c1-4-15-20-12(3)16(24-15)17(21)19-10-14(18(22)23)9-13-7-5-6-11(2)8-13/h5-8,14H,4,9-10H2,1-3H3,(H,19,21)(H,22,23). The van der Waals surface area contributed by atoms with Crippen LogP contribution in [0.25, 0.3) is 0 Å². The molecular formula is C18H22N2O3S. The van der Waals surface area contributed by atoms with Crippen molar-refractivity contribution < 1.29 is 14.7 Å². The summed E-state index contributed by atoms with van der Waals surface area (Å²) in [5.41, 5.74) is 2.74. The van der Waals surface area contributed by atoms with Gasteiger partial charge in [-0.15, -0.1) is 11.3 Å². The lowest BCUT2D eigenvalue weighted by Gasteiger charge is -2.13. The predicted octanol–water partition coefficient (Wildman–Crippen LogP) is 3.00. The van der Waals surface area contributed by atoms with Gasteiger partial charge in [0.25, 0.3) is 5.91 Å². The molecule has 2 N–H and O–H groups in total. The molecule has 0 fully saturated rings. The van der Waals surface area contributed by atoms with Crippen LogP contribution >= 0.6 is 11.3 Å². The first-order valence-electron chi connectivity index (χ1n) is 7.93. The quantitative estimate of drug-likeness (QED) is 0.808. The number of hydrogen-bond acceptors (Lipinski definition) is 4. The van der Waals surface area contributed by atoms with Crippen LogP contribution in [-0.4, -0.2) is 28.5 Å². The van der Waals surface area contributed by atoms with Gasteiger partial charge in [-0.05, 0) is 32.3 Å². The summed E-state index contributed by atoms with van der Waals surface area (Å²) in [6.45, 7) is 5.86. The van der Waals surface area contributed by atoms with E-state index >= 15 is 0 Å². The third kappa shape index (κ3) is 4.64. The molecule has 0 aliphatic heterocycles. The molecule has 1 unspecified atom stereocenters. The van der Waals surface area contributed by atoms with Gasteiger partial charge in [0, 0.05) is 6.54 Å². The molecule has 1 heterocycles. The second kappa shape index (κ2) is 8.06. The normalized spacial score (nSPS) is 12.0. The van der Waals surface area contributed by atoms with Gasteiger partial charge in [-0.3, -0.25) is 9.59 Å². The average Bonchev–Trinajstić information content (AvgIpc) is 2.92. The molecule has 2 rings (SSSR count). The minimum absolute atomic E-state index is 0.0981. The summed E-state index contributed by atoms with van der Waals surface area (Å²) in [6.07, 6.45) is 1.17. The number of carbonyl (C=O) groups excluding carboxylic acids is 1. The van der Waals surface area contributed by atoms with Gasteiger partial charge >= 0.3 is 5.97 Å². The van der Waals surface area contributed by atoms with Crippen LogP contribution in [-0.2, 0) is 17.6 Å². The number of aliphatic carboxylic acids is 1. The van der Waals surface area contributed by atoms with Gasteiger partial charge in [-0.2, -0.15) is 0 Å². The van der Waals surface area contributed by atoms with Gasteiger partial charge in [-0.25, -0.2) is 4.98 Å². The Morgan fingerprint density at radius 3 is 2.67 bits per heavy atom. The van der Waals surface area contributed by atoms with Crippen LogP contribution in [0.15, 0.2) is 24.3 Å². The van der Waals surface area contributed by atoms with Crippen molar-refractivity contribution in [1.82, 2.24) is 10.3 Å². The Labute approximate surface area is 145 Å². The van der Waals surface area contributed by atoms with E-state index in [1.165, 1.54) is 11.3 Å². The maximum atomic E-state index is 12.3. The Morgan fingerprint density at radius 1 is 1.33 bits per heavy atom. The summed E-state index contributed by atoms with van der Waals surface area (Å²) in [7, 11) is 0. The molecule has 0 saturated heterocycles. The third-order valence-electron chi connectivity index (χ3n) is 3.77. The highest BCUT2D eigenvalue weighted by molar-refractivity contribution is 7.13. The number of carboxylic acids is 1. The number of carboxylic acid groups (broad SMARTS) is 1.